The van der Waals surface area contributed by atoms with Crippen LogP contribution in [0.2, 0.25) is 0 Å². The molecule has 0 saturated carbocycles. The first-order chi connectivity index (χ1) is 21.3. The standard InChI is InChI=1S/C40H25NO2/c1-3-13-29(14-4-1)41(30-15-5-2-6-16-30)31-21-22-36-33(24-31)34-25-37-39(32-17-9-10-18-35(32)42-37)38(40(34)43-36)28-20-19-26-11-7-8-12-27(26)23-28/h1-25H. The van der Waals surface area contributed by atoms with E-state index in [0.29, 0.717) is 0 Å². The van der Waals surface area contributed by atoms with E-state index in [0.717, 1.165) is 72.1 Å². The zero-order valence-corrected chi connectivity index (χ0v) is 23.2. The van der Waals surface area contributed by atoms with E-state index in [9.17, 15) is 0 Å². The predicted octanol–water partition coefficient (Wildman–Crippen LogP) is 11.8. The van der Waals surface area contributed by atoms with Gasteiger partial charge in [-0.05, 0) is 77.0 Å². The molecule has 43 heavy (non-hydrogen) atoms. The van der Waals surface area contributed by atoms with Gasteiger partial charge in [-0.15, -0.1) is 0 Å². The van der Waals surface area contributed by atoms with Crippen LogP contribution in [0.3, 0.4) is 0 Å². The van der Waals surface area contributed by atoms with Crippen LogP contribution < -0.4 is 4.90 Å². The summed E-state index contributed by atoms with van der Waals surface area (Å²) >= 11 is 0. The van der Waals surface area contributed by atoms with E-state index < -0.39 is 0 Å². The molecule has 2 aromatic heterocycles. The molecule has 3 nitrogen and oxygen atoms in total. The molecule has 202 valence electrons. The number of anilines is 3. The Bertz CT molecular complexity index is 2410. The van der Waals surface area contributed by atoms with Crippen molar-refractivity contribution in [2.75, 3.05) is 4.90 Å². The van der Waals surface area contributed by atoms with Gasteiger partial charge in [-0.2, -0.15) is 0 Å². The van der Waals surface area contributed by atoms with Crippen molar-refractivity contribution in [3.63, 3.8) is 0 Å². The molecule has 0 spiro atoms. The van der Waals surface area contributed by atoms with Crippen molar-refractivity contribution >= 4 is 71.7 Å². The van der Waals surface area contributed by atoms with Gasteiger partial charge in [-0.1, -0.05) is 91.0 Å². The molecule has 0 fully saturated rings. The van der Waals surface area contributed by atoms with Crippen molar-refractivity contribution < 1.29 is 8.83 Å². The van der Waals surface area contributed by atoms with Gasteiger partial charge in [0.25, 0.3) is 0 Å². The molecule has 0 radical (unpaired) electrons. The molecule has 2 heterocycles. The SMILES string of the molecule is c1ccc(N(c2ccccc2)c2ccc3oc4c(-c5ccc6ccccc6c5)c5c(cc4c3c2)oc2ccccc25)cc1. The minimum atomic E-state index is 0.846. The van der Waals surface area contributed by atoms with Gasteiger partial charge in [0.2, 0.25) is 0 Å². The van der Waals surface area contributed by atoms with E-state index in [1.165, 1.54) is 10.8 Å². The minimum Gasteiger partial charge on any atom is -0.456 e. The van der Waals surface area contributed by atoms with E-state index in [4.69, 9.17) is 8.83 Å². The molecule has 0 aliphatic heterocycles. The zero-order chi connectivity index (χ0) is 28.3. The average molecular weight is 552 g/mol. The summed E-state index contributed by atoms with van der Waals surface area (Å²) in [5, 5.41) is 6.65. The van der Waals surface area contributed by atoms with Crippen LogP contribution in [-0.2, 0) is 0 Å². The second-order valence-corrected chi connectivity index (χ2v) is 11.0. The molecule has 3 heteroatoms. The van der Waals surface area contributed by atoms with Crippen molar-refractivity contribution in [3.05, 3.63) is 152 Å². The van der Waals surface area contributed by atoms with E-state index in [-0.39, 0.29) is 0 Å². The molecular formula is C40H25NO2. The molecule has 0 aliphatic carbocycles. The number of furan rings is 2. The smallest absolute Gasteiger partial charge is 0.144 e. The number of hydrogen-bond donors (Lipinski definition) is 0. The van der Waals surface area contributed by atoms with Crippen LogP contribution in [0.15, 0.2) is 160 Å². The third-order valence-electron chi connectivity index (χ3n) is 8.41. The normalized spacial score (nSPS) is 11.7. The van der Waals surface area contributed by atoms with Gasteiger partial charge in [-0.25, -0.2) is 0 Å². The van der Waals surface area contributed by atoms with Gasteiger partial charge in [-0.3, -0.25) is 0 Å². The summed E-state index contributed by atoms with van der Waals surface area (Å²) < 4.78 is 13.3. The predicted molar refractivity (Wildman–Crippen MR) is 179 cm³/mol. The second kappa shape index (κ2) is 9.37. The summed E-state index contributed by atoms with van der Waals surface area (Å²) in [4.78, 5) is 2.28. The van der Waals surface area contributed by atoms with Crippen LogP contribution in [0.25, 0.3) is 65.8 Å². The molecule has 0 amide bonds. The third-order valence-corrected chi connectivity index (χ3v) is 8.41. The fraction of sp³-hybridized carbons (Fsp3) is 0. The first-order valence-corrected chi connectivity index (χ1v) is 14.5. The number of hydrogen-bond acceptors (Lipinski definition) is 3. The molecular weight excluding hydrogens is 526 g/mol. The second-order valence-electron chi connectivity index (χ2n) is 11.0. The largest absolute Gasteiger partial charge is 0.456 e. The van der Waals surface area contributed by atoms with Gasteiger partial charge in [0.15, 0.2) is 0 Å². The highest BCUT2D eigenvalue weighted by molar-refractivity contribution is 6.24. The molecule has 0 atom stereocenters. The molecule has 0 unspecified atom stereocenters. The fourth-order valence-electron chi connectivity index (χ4n) is 6.46. The van der Waals surface area contributed by atoms with Crippen LogP contribution >= 0.6 is 0 Å². The third kappa shape index (κ3) is 3.75. The molecule has 9 aromatic rings. The van der Waals surface area contributed by atoms with Gasteiger partial charge in [0.05, 0.1) is 0 Å². The maximum atomic E-state index is 6.76. The maximum Gasteiger partial charge on any atom is 0.144 e. The molecule has 0 aliphatic rings. The lowest BCUT2D eigenvalue weighted by atomic mass is 9.95. The maximum absolute atomic E-state index is 6.76. The first kappa shape index (κ1) is 23.9. The van der Waals surface area contributed by atoms with Crippen molar-refractivity contribution in [1.82, 2.24) is 0 Å². The van der Waals surface area contributed by atoms with Crippen molar-refractivity contribution in [3.8, 4) is 11.1 Å². The lowest BCUT2D eigenvalue weighted by molar-refractivity contribution is 0.664. The van der Waals surface area contributed by atoms with Crippen LogP contribution in [0.1, 0.15) is 0 Å². The lowest BCUT2D eigenvalue weighted by Crippen LogP contribution is -2.09. The Hall–Kier alpha value is -5.80. The topological polar surface area (TPSA) is 29.5 Å². The van der Waals surface area contributed by atoms with E-state index in [1.54, 1.807) is 0 Å². The number of para-hydroxylation sites is 3. The van der Waals surface area contributed by atoms with Gasteiger partial charge >= 0.3 is 0 Å². The van der Waals surface area contributed by atoms with E-state index in [2.05, 4.69) is 132 Å². The Balaban J connectivity index is 1.36. The molecule has 0 saturated heterocycles. The summed E-state index contributed by atoms with van der Waals surface area (Å²) in [6, 6.07) is 53.0. The number of nitrogens with zero attached hydrogens (tertiary/aromatic N) is 1. The van der Waals surface area contributed by atoms with Crippen LogP contribution in [0.4, 0.5) is 17.1 Å². The van der Waals surface area contributed by atoms with Crippen LogP contribution in [0, 0.1) is 0 Å². The van der Waals surface area contributed by atoms with E-state index >= 15 is 0 Å². The summed E-state index contributed by atoms with van der Waals surface area (Å²) in [5.41, 5.74) is 8.86. The summed E-state index contributed by atoms with van der Waals surface area (Å²) in [6.45, 7) is 0. The first-order valence-electron chi connectivity index (χ1n) is 14.5. The van der Waals surface area contributed by atoms with E-state index in [1.807, 2.05) is 24.3 Å². The Morgan fingerprint density at radius 1 is 0.395 bits per heavy atom. The summed E-state index contributed by atoms with van der Waals surface area (Å²) in [7, 11) is 0. The highest BCUT2D eigenvalue weighted by Gasteiger charge is 2.22. The van der Waals surface area contributed by atoms with Crippen molar-refractivity contribution in [2.45, 2.75) is 0 Å². The van der Waals surface area contributed by atoms with Crippen molar-refractivity contribution in [1.29, 1.82) is 0 Å². The van der Waals surface area contributed by atoms with Crippen LogP contribution in [-0.4, -0.2) is 0 Å². The van der Waals surface area contributed by atoms with Gasteiger partial charge < -0.3 is 13.7 Å². The Kier molecular flexibility index (Phi) is 5.20. The van der Waals surface area contributed by atoms with Gasteiger partial charge in [0, 0.05) is 44.2 Å². The lowest BCUT2D eigenvalue weighted by Gasteiger charge is -2.25. The average Bonchev–Trinajstić information content (AvgIpc) is 3.62. The Morgan fingerprint density at radius 3 is 1.86 bits per heavy atom. The molecule has 0 N–H and O–H groups in total. The minimum absolute atomic E-state index is 0.846. The number of fused-ring (bicyclic) bond motifs is 7. The number of rotatable bonds is 4. The monoisotopic (exact) mass is 551 g/mol. The molecule has 7 aromatic carbocycles. The Morgan fingerprint density at radius 2 is 1.07 bits per heavy atom. The number of benzene rings is 7. The summed E-state index contributed by atoms with van der Waals surface area (Å²) in [5.74, 6) is 0. The fourth-order valence-corrected chi connectivity index (χ4v) is 6.46. The van der Waals surface area contributed by atoms with Crippen LogP contribution in [0.5, 0.6) is 0 Å². The summed E-state index contributed by atoms with van der Waals surface area (Å²) in [6.07, 6.45) is 0. The highest BCUT2D eigenvalue weighted by Crippen LogP contribution is 2.46. The molecule has 9 rings (SSSR count). The quantitative estimate of drug-likeness (QED) is 0.218. The molecule has 0 bridgehead atoms. The van der Waals surface area contributed by atoms with Gasteiger partial charge in [0.1, 0.15) is 22.3 Å². The van der Waals surface area contributed by atoms with Crippen molar-refractivity contribution in [2.24, 2.45) is 0 Å². The zero-order valence-electron chi connectivity index (χ0n) is 23.2. The highest BCUT2D eigenvalue weighted by atomic mass is 16.3. The Labute approximate surface area is 247 Å².